The fraction of sp³-hybridized carbons (Fsp3) is 0.692. The lowest BCUT2D eigenvalue weighted by Gasteiger charge is -2.10. The van der Waals surface area contributed by atoms with E-state index in [1.807, 2.05) is 0 Å². The number of rotatable bonds is 19. The van der Waals surface area contributed by atoms with Gasteiger partial charge in [-0.05, 0) is 37.0 Å². The van der Waals surface area contributed by atoms with Crippen LogP contribution in [0.3, 0.4) is 0 Å². The Morgan fingerprint density at radius 1 is 0.969 bits per heavy atom. The number of carbonyl (C=O) groups is 2. The van der Waals surface area contributed by atoms with Crippen molar-refractivity contribution < 1.29 is 24.5 Å². The molecule has 0 heterocycles. The quantitative estimate of drug-likeness (QED) is 0.245. The average molecular weight is 450 g/mol. The highest BCUT2D eigenvalue weighted by Crippen LogP contribution is 2.26. The van der Waals surface area contributed by atoms with Crippen LogP contribution in [0.15, 0.2) is 18.2 Å². The zero-order valence-corrected chi connectivity index (χ0v) is 20.0. The summed E-state index contributed by atoms with van der Waals surface area (Å²) in [4.78, 5) is 23.8. The van der Waals surface area contributed by atoms with Crippen LogP contribution < -0.4 is 10.1 Å². The highest BCUT2D eigenvalue weighted by molar-refractivity contribution is 5.78. The largest absolute Gasteiger partial charge is 0.504 e. The highest BCUT2D eigenvalue weighted by atomic mass is 16.5. The van der Waals surface area contributed by atoms with Crippen molar-refractivity contribution in [1.29, 1.82) is 0 Å². The van der Waals surface area contributed by atoms with E-state index in [9.17, 15) is 19.8 Å². The van der Waals surface area contributed by atoms with E-state index in [1.54, 1.807) is 18.2 Å². The predicted octanol–water partition coefficient (Wildman–Crippen LogP) is 5.43. The number of Topliss-reactive ketones (excluding diaryl/α,β-unsaturated/α-hetero) is 1. The van der Waals surface area contributed by atoms with Gasteiger partial charge in [-0.15, -0.1) is 0 Å². The van der Waals surface area contributed by atoms with Crippen LogP contribution in [0.25, 0.3) is 0 Å². The molecule has 0 spiro atoms. The molecule has 0 radical (unpaired) electrons. The standard InChI is InChI=1S/C26H43NO5/c1-3-4-5-10-13-22(28)19-23(29)14-11-8-6-7-9-12-15-26(31)27-20-21-16-17-24(30)25(18-21)32-2/h16-18,23,29-30H,3-15,19-20H2,1-2H3,(H,27,31). The van der Waals surface area contributed by atoms with Gasteiger partial charge in [0.2, 0.25) is 5.91 Å². The Morgan fingerprint density at radius 2 is 1.62 bits per heavy atom. The number of nitrogens with one attached hydrogen (secondary N) is 1. The molecule has 1 aromatic carbocycles. The molecule has 0 aromatic heterocycles. The Morgan fingerprint density at radius 3 is 2.34 bits per heavy atom. The fourth-order valence-corrected chi connectivity index (χ4v) is 3.71. The van der Waals surface area contributed by atoms with Gasteiger partial charge < -0.3 is 20.3 Å². The number of hydrogen-bond donors (Lipinski definition) is 3. The lowest BCUT2D eigenvalue weighted by molar-refractivity contribution is -0.122. The van der Waals surface area contributed by atoms with Gasteiger partial charge in [0, 0.05) is 25.8 Å². The van der Waals surface area contributed by atoms with E-state index in [-0.39, 0.29) is 17.4 Å². The zero-order chi connectivity index (χ0) is 23.6. The fourth-order valence-electron chi connectivity index (χ4n) is 3.71. The Hall–Kier alpha value is -2.08. The predicted molar refractivity (Wildman–Crippen MR) is 128 cm³/mol. The summed E-state index contributed by atoms with van der Waals surface area (Å²) in [6.07, 6.45) is 12.1. The summed E-state index contributed by atoms with van der Waals surface area (Å²) in [5.41, 5.74) is 0.883. The van der Waals surface area contributed by atoms with Crippen LogP contribution in [-0.4, -0.2) is 35.1 Å². The summed E-state index contributed by atoms with van der Waals surface area (Å²) in [5, 5.41) is 22.5. The molecule has 1 atom stereocenters. The van der Waals surface area contributed by atoms with E-state index in [2.05, 4.69) is 12.2 Å². The van der Waals surface area contributed by atoms with Crippen molar-refractivity contribution in [3.05, 3.63) is 23.8 Å². The Kier molecular flexibility index (Phi) is 15.3. The van der Waals surface area contributed by atoms with Crippen molar-refractivity contribution in [2.75, 3.05) is 7.11 Å². The number of methoxy groups -OCH3 is 1. The maximum absolute atomic E-state index is 12.0. The van der Waals surface area contributed by atoms with Gasteiger partial charge >= 0.3 is 0 Å². The molecule has 0 saturated heterocycles. The van der Waals surface area contributed by atoms with Gasteiger partial charge in [-0.1, -0.05) is 64.4 Å². The number of phenols is 1. The molecule has 6 nitrogen and oxygen atoms in total. The monoisotopic (exact) mass is 449 g/mol. The summed E-state index contributed by atoms with van der Waals surface area (Å²) in [6.45, 7) is 2.57. The summed E-state index contributed by atoms with van der Waals surface area (Å²) < 4.78 is 5.07. The molecule has 182 valence electrons. The van der Waals surface area contributed by atoms with Crippen LogP contribution >= 0.6 is 0 Å². The van der Waals surface area contributed by atoms with Crippen LogP contribution in [0.2, 0.25) is 0 Å². The van der Waals surface area contributed by atoms with E-state index in [4.69, 9.17) is 4.74 Å². The van der Waals surface area contributed by atoms with Crippen molar-refractivity contribution in [3.8, 4) is 11.5 Å². The Balaban J connectivity index is 1.98. The molecule has 0 aliphatic carbocycles. The number of ketones is 1. The number of aromatic hydroxyl groups is 1. The highest BCUT2D eigenvalue weighted by Gasteiger charge is 2.10. The number of aliphatic hydroxyl groups excluding tert-OH is 1. The molecule has 1 aromatic rings. The van der Waals surface area contributed by atoms with Gasteiger partial charge in [-0.25, -0.2) is 0 Å². The number of ether oxygens (including phenoxy) is 1. The number of benzene rings is 1. The minimum atomic E-state index is -0.495. The maximum Gasteiger partial charge on any atom is 0.220 e. The minimum Gasteiger partial charge on any atom is -0.504 e. The first kappa shape index (κ1) is 28.0. The van der Waals surface area contributed by atoms with E-state index in [1.165, 1.54) is 20.0 Å². The minimum absolute atomic E-state index is 0.0273. The number of carbonyl (C=O) groups excluding carboxylic acids is 2. The van der Waals surface area contributed by atoms with Crippen molar-refractivity contribution in [2.24, 2.45) is 0 Å². The molecule has 1 rings (SSSR count). The first-order chi connectivity index (χ1) is 15.5. The number of aliphatic hydroxyl groups is 1. The summed E-state index contributed by atoms with van der Waals surface area (Å²) in [7, 11) is 1.50. The third-order valence-electron chi connectivity index (χ3n) is 5.70. The van der Waals surface area contributed by atoms with Crippen molar-refractivity contribution in [1.82, 2.24) is 5.32 Å². The smallest absolute Gasteiger partial charge is 0.220 e. The molecule has 0 bridgehead atoms. The third-order valence-corrected chi connectivity index (χ3v) is 5.70. The maximum atomic E-state index is 12.0. The van der Waals surface area contributed by atoms with E-state index in [0.29, 0.717) is 38.0 Å². The van der Waals surface area contributed by atoms with E-state index >= 15 is 0 Å². The van der Waals surface area contributed by atoms with E-state index in [0.717, 1.165) is 56.9 Å². The van der Waals surface area contributed by atoms with Gasteiger partial charge in [0.05, 0.1) is 13.2 Å². The molecule has 0 saturated carbocycles. The second kappa shape index (κ2) is 17.5. The summed E-state index contributed by atoms with van der Waals surface area (Å²) in [5.74, 6) is 0.706. The second-order valence-corrected chi connectivity index (χ2v) is 8.65. The van der Waals surface area contributed by atoms with Crippen molar-refractivity contribution >= 4 is 11.7 Å². The molecule has 0 fully saturated rings. The van der Waals surface area contributed by atoms with Crippen LogP contribution in [0.4, 0.5) is 0 Å². The molecular weight excluding hydrogens is 406 g/mol. The lowest BCUT2D eigenvalue weighted by atomic mass is 10.0. The molecule has 32 heavy (non-hydrogen) atoms. The molecular formula is C26H43NO5. The van der Waals surface area contributed by atoms with Crippen LogP contribution in [0.1, 0.15) is 102 Å². The van der Waals surface area contributed by atoms with Gasteiger partial charge in [0.15, 0.2) is 11.5 Å². The normalized spacial score (nSPS) is 11.8. The van der Waals surface area contributed by atoms with Crippen LogP contribution in [0.5, 0.6) is 11.5 Å². The molecule has 6 heteroatoms. The first-order valence-corrected chi connectivity index (χ1v) is 12.3. The Labute approximate surface area is 193 Å². The van der Waals surface area contributed by atoms with Gasteiger partial charge in [-0.3, -0.25) is 9.59 Å². The molecule has 0 aliphatic rings. The van der Waals surface area contributed by atoms with Gasteiger partial charge in [0.1, 0.15) is 5.78 Å². The van der Waals surface area contributed by atoms with Crippen LogP contribution in [0, 0.1) is 0 Å². The first-order valence-electron chi connectivity index (χ1n) is 12.3. The van der Waals surface area contributed by atoms with Gasteiger partial charge in [0.25, 0.3) is 0 Å². The van der Waals surface area contributed by atoms with Crippen molar-refractivity contribution in [2.45, 2.75) is 109 Å². The number of hydrogen-bond acceptors (Lipinski definition) is 5. The summed E-state index contributed by atoms with van der Waals surface area (Å²) in [6, 6.07) is 5.04. The zero-order valence-electron chi connectivity index (χ0n) is 20.0. The third kappa shape index (κ3) is 13.4. The number of amides is 1. The Bertz CT molecular complexity index is 662. The molecule has 0 aliphatic heterocycles. The van der Waals surface area contributed by atoms with Crippen LogP contribution in [-0.2, 0) is 16.1 Å². The number of unbranched alkanes of at least 4 members (excludes halogenated alkanes) is 8. The summed E-state index contributed by atoms with van der Waals surface area (Å²) >= 11 is 0. The molecule has 3 N–H and O–H groups in total. The second-order valence-electron chi connectivity index (χ2n) is 8.65. The van der Waals surface area contributed by atoms with Crippen molar-refractivity contribution in [3.63, 3.8) is 0 Å². The molecule has 1 amide bonds. The molecule has 1 unspecified atom stereocenters. The SMILES string of the molecule is CCCCCCC(=O)CC(O)CCCCCCCCC(=O)NCc1ccc(O)c(OC)c1. The van der Waals surface area contributed by atoms with Gasteiger partial charge in [-0.2, -0.15) is 0 Å². The topological polar surface area (TPSA) is 95.9 Å². The lowest BCUT2D eigenvalue weighted by Crippen LogP contribution is -2.22. The number of phenolic OH excluding ortho intramolecular Hbond substituents is 1. The van der Waals surface area contributed by atoms with E-state index < -0.39 is 6.10 Å². The average Bonchev–Trinajstić information content (AvgIpc) is 2.77.